The maximum atomic E-state index is 9.51. The second-order valence-corrected chi connectivity index (χ2v) is 3.26. The summed E-state index contributed by atoms with van der Waals surface area (Å²) in [6, 6.07) is 0. The SMILES string of the molecule is CCCCC(O)CCc1ncco1. The molecule has 0 spiro atoms. The minimum Gasteiger partial charge on any atom is -0.449 e. The average Bonchev–Trinajstić information content (AvgIpc) is 2.64. The van der Waals surface area contributed by atoms with Gasteiger partial charge in [-0.3, -0.25) is 0 Å². The summed E-state index contributed by atoms with van der Waals surface area (Å²) in [5.74, 6) is 0.718. The lowest BCUT2D eigenvalue weighted by atomic mass is 10.1. The van der Waals surface area contributed by atoms with E-state index in [1.54, 1.807) is 12.5 Å². The van der Waals surface area contributed by atoms with Crippen molar-refractivity contribution in [1.29, 1.82) is 0 Å². The number of aliphatic hydroxyl groups excluding tert-OH is 1. The van der Waals surface area contributed by atoms with Gasteiger partial charge in [-0.05, 0) is 12.8 Å². The Morgan fingerprint density at radius 3 is 3.00 bits per heavy atom. The smallest absolute Gasteiger partial charge is 0.194 e. The molecule has 1 unspecified atom stereocenters. The molecule has 1 aromatic rings. The van der Waals surface area contributed by atoms with E-state index in [-0.39, 0.29) is 6.10 Å². The van der Waals surface area contributed by atoms with Crippen LogP contribution in [0.4, 0.5) is 0 Å². The Kier molecular flexibility index (Phi) is 4.54. The predicted octanol–water partition coefficient (Wildman–Crippen LogP) is 2.16. The average molecular weight is 183 g/mol. The molecule has 0 saturated heterocycles. The van der Waals surface area contributed by atoms with Gasteiger partial charge in [0.2, 0.25) is 0 Å². The van der Waals surface area contributed by atoms with Crippen molar-refractivity contribution in [2.75, 3.05) is 0 Å². The van der Waals surface area contributed by atoms with E-state index >= 15 is 0 Å². The number of rotatable bonds is 6. The first-order valence-electron chi connectivity index (χ1n) is 4.89. The van der Waals surface area contributed by atoms with Crippen molar-refractivity contribution in [1.82, 2.24) is 4.98 Å². The van der Waals surface area contributed by atoms with Gasteiger partial charge >= 0.3 is 0 Å². The van der Waals surface area contributed by atoms with Crippen LogP contribution in [0.3, 0.4) is 0 Å². The third-order valence-electron chi connectivity index (χ3n) is 2.07. The van der Waals surface area contributed by atoms with E-state index < -0.39 is 0 Å². The van der Waals surface area contributed by atoms with Gasteiger partial charge in [0, 0.05) is 6.42 Å². The summed E-state index contributed by atoms with van der Waals surface area (Å²) in [5.41, 5.74) is 0. The van der Waals surface area contributed by atoms with Gasteiger partial charge in [0.05, 0.1) is 12.3 Å². The third-order valence-corrected chi connectivity index (χ3v) is 2.07. The minimum atomic E-state index is -0.202. The highest BCUT2D eigenvalue weighted by atomic mass is 16.3. The zero-order chi connectivity index (χ0) is 9.52. The molecule has 3 nitrogen and oxygen atoms in total. The lowest BCUT2D eigenvalue weighted by molar-refractivity contribution is 0.149. The van der Waals surface area contributed by atoms with E-state index in [1.165, 1.54) is 0 Å². The molecule has 0 radical (unpaired) electrons. The standard InChI is InChI=1S/C10H17NO2/c1-2-3-4-9(12)5-6-10-11-7-8-13-10/h7-9,12H,2-6H2,1H3. The van der Waals surface area contributed by atoms with Gasteiger partial charge in [0.25, 0.3) is 0 Å². The highest BCUT2D eigenvalue weighted by Crippen LogP contribution is 2.08. The lowest BCUT2D eigenvalue weighted by Gasteiger charge is -2.07. The monoisotopic (exact) mass is 183 g/mol. The summed E-state index contributed by atoms with van der Waals surface area (Å²) in [4.78, 5) is 3.99. The highest BCUT2D eigenvalue weighted by Gasteiger charge is 2.05. The summed E-state index contributed by atoms with van der Waals surface area (Å²) >= 11 is 0. The topological polar surface area (TPSA) is 46.3 Å². The van der Waals surface area contributed by atoms with Gasteiger partial charge < -0.3 is 9.52 Å². The number of hydrogen-bond donors (Lipinski definition) is 1. The molecule has 0 bridgehead atoms. The van der Waals surface area contributed by atoms with Crippen LogP contribution in [0.15, 0.2) is 16.9 Å². The summed E-state index contributed by atoms with van der Waals surface area (Å²) in [5, 5.41) is 9.51. The van der Waals surface area contributed by atoms with Crippen molar-refractivity contribution < 1.29 is 9.52 Å². The molecule has 0 amide bonds. The Hall–Kier alpha value is -0.830. The number of hydrogen-bond acceptors (Lipinski definition) is 3. The first-order valence-corrected chi connectivity index (χ1v) is 4.89. The van der Waals surface area contributed by atoms with Crippen molar-refractivity contribution in [2.24, 2.45) is 0 Å². The molecule has 3 heteroatoms. The van der Waals surface area contributed by atoms with Crippen molar-refractivity contribution >= 4 is 0 Å². The van der Waals surface area contributed by atoms with Gasteiger partial charge in [0.15, 0.2) is 5.89 Å². The van der Waals surface area contributed by atoms with Crippen LogP contribution in [0.2, 0.25) is 0 Å². The van der Waals surface area contributed by atoms with Gasteiger partial charge in [-0.15, -0.1) is 0 Å². The van der Waals surface area contributed by atoms with Crippen LogP contribution >= 0.6 is 0 Å². The second-order valence-electron chi connectivity index (χ2n) is 3.26. The molecular weight excluding hydrogens is 166 g/mol. The van der Waals surface area contributed by atoms with Crippen LogP contribution in [0, 0.1) is 0 Å². The van der Waals surface area contributed by atoms with Crippen molar-refractivity contribution in [3.63, 3.8) is 0 Å². The van der Waals surface area contributed by atoms with Crippen molar-refractivity contribution in [3.8, 4) is 0 Å². The second kappa shape index (κ2) is 5.75. The van der Waals surface area contributed by atoms with Gasteiger partial charge in [-0.25, -0.2) is 4.98 Å². The molecule has 0 aliphatic carbocycles. The van der Waals surface area contributed by atoms with Crippen LogP contribution < -0.4 is 0 Å². The molecule has 1 aromatic heterocycles. The zero-order valence-electron chi connectivity index (χ0n) is 8.07. The number of unbranched alkanes of at least 4 members (excludes halogenated alkanes) is 1. The van der Waals surface area contributed by atoms with Crippen molar-refractivity contribution in [3.05, 3.63) is 18.4 Å². The molecule has 0 aliphatic heterocycles. The maximum Gasteiger partial charge on any atom is 0.194 e. The number of aromatic nitrogens is 1. The van der Waals surface area contributed by atoms with Crippen LogP contribution in [0.5, 0.6) is 0 Å². The van der Waals surface area contributed by atoms with Crippen molar-refractivity contribution in [2.45, 2.75) is 45.1 Å². The largest absolute Gasteiger partial charge is 0.449 e. The number of aliphatic hydroxyl groups is 1. The number of nitrogens with zero attached hydrogens (tertiary/aromatic N) is 1. The fourth-order valence-corrected chi connectivity index (χ4v) is 1.25. The van der Waals surface area contributed by atoms with Gasteiger partial charge in [-0.1, -0.05) is 19.8 Å². The summed E-state index contributed by atoms with van der Waals surface area (Å²) in [7, 11) is 0. The lowest BCUT2D eigenvalue weighted by Crippen LogP contribution is -2.07. The Balaban J connectivity index is 2.11. The Bertz CT molecular complexity index is 209. The first-order chi connectivity index (χ1) is 6.33. The minimum absolute atomic E-state index is 0.202. The van der Waals surface area contributed by atoms with Crippen LogP contribution in [-0.4, -0.2) is 16.2 Å². The molecule has 0 fully saturated rings. The molecule has 1 atom stereocenters. The summed E-state index contributed by atoms with van der Waals surface area (Å²) < 4.78 is 5.07. The van der Waals surface area contributed by atoms with E-state index in [0.717, 1.165) is 38.0 Å². The molecule has 1 N–H and O–H groups in total. The molecule has 13 heavy (non-hydrogen) atoms. The predicted molar refractivity (Wildman–Crippen MR) is 50.4 cm³/mol. The highest BCUT2D eigenvalue weighted by molar-refractivity contribution is 4.80. The molecule has 74 valence electrons. The molecule has 0 aliphatic rings. The van der Waals surface area contributed by atoms with E-state index in [2.05, 4.69) is 11.9 Å². The van der Waals surface area contributed by atoms with Gasteiger partial charge in [-0.2, -0.15) is 0 Å². The fraction of sp³-hybridized carbons (Fsp3) is 0.700. The van der Waals surface area contributed by atoms with Gasteiger partial charge in [0.1, 0.15) is 6.26 Å². The van der Waals surface area contributed by atoms with Crippen LogP contribution in [0.1, 0.15) is 38.5 Å². The Labute approximate surface area is 78.8 Å². The molecule has 0 aromatic carbocycles. The third kappa shape index (κ3) is 4.08. The molecule has 0 saturated carbocycles. The molecule has 1 rings (SSSR count). The van der Waals surface area contributed by atoms with E-state index in [9.17, 15) is 5.11 Å². The van der Waals surface area contributed by atoms with Crippen LogP contribution in [-0.2, 0) is 6.42 Å². The number of oxazole rings is 1. The fourth-order valence-electron chi connectivity index (χ4n) is 1.25. The van der Waals surface area contributed by atoms with Crippen LogP contribution in [0.25, 0.3) is 0 Å². The summed E-state index contributed by atoms with van der Waals surface area (Å²) in [6.45, 7) is 2.13. The van der Waals surface area contributed by atoms with E-state index in [4.69, 9.17) is 4.42 Å². The van der Waals surface area contributed by atoms with E-state index in [1.807, 2.05) is 0 Å². The Morgan fingerprint density at radius 2 is 2.38 bits per heavy atom. The normalized spacial score (nSPS) is 13.1. The molecular formula is C10H17NO2. The zero-order valence-corrected chi connectivity index (χ0v) is 8.07. The Morgan fingerprint density at radius 1 is 1.54 bits per heavy atom. The van der Waals surface area contributed by atoms with E-state index in [0.29, 0.717) is 0 Å². The first kappa shape index (κ1) is 10.3. The quantitative estimate of drug-likeness (QED) is 0.735. The summed E-state index contributed by atoms with van der Waals surface area (Å²) in [6.07, 6.45) is 7.59. The number of aryl methyl sites for hydroxylation is 1. The maximum absolute atomic E-state index is 9.51. The molecule has 1 heterocycles.